The molecule has 11 heavy (non-hydrogen) atoms. The van der Waals surface area contributed by atoms with Crippen LogP contribution in [0.15, 0.2) is 23.5 Å². The van der Waals surface area contributed by atoms with E-state index < -0.39 is 5.41 Å². The number of carbonyl (C=O) groups excluding carboxylic acids is 1. The fourth-order valence-corrected chi connectivity index (χ4v) is 1.27. The predicted molar refractivity (Wildman–Crippen MR) is 43.3 cm³/mol. The maximum absolute atomic E-state index is 11.4. The second-order valence-corrected chi connectivity index (χ2v) is 3.45. The van der Waals surface area contributed by atoms with E-state index in [1.807, 2.05) is 0 Å². The molecule has 2 nitrogen and oxygen atoms in total. The van der Waals surface area contributed by atoms with Gasteiger partial charge in [0.1, 0.15) is 5.76 Å². The molecule has 1 aliphatic carbocycles. The largest absolute Gasteiger partial charge is 0.508 e. The maximum Gasteiger partial charge on any atom is 0.168 e. The van der Waals surface area contributed by atoms with Gasteiger partial charge in [0.25, 0.3) is 0 Å². The summed E-state index contributed by atoms with van der Waals surface area (Å²) in [4.78, 5) is 11.4. The van der Waals surface area contributed by atoms with Crippen LogP contribution in [0.3, 0.4) is 0 Å². The van der Waals surface area contributed by atoms with Crippen molar-refractivity contribution in [2.24, 2.45) is 5.41 Å². The highest BCUT2D eigenvalue weighted by Gasteiger charge is 2.29. The SMILES string of the molecule is CC1=CC(O)=CC(C)(C)C1=O. The van der Waals surface area contributed by atoms with Crippen molar-refractivity contribution in [1.82, 2.24) is 0 Å². The number of aliphatic hydroxyl groups is 1. The first-order valence-corrected chi connectivity index (χ1v) is 3.58. The van der Waals surface area contributed by atoms with Crippen LogP contribution in [0.25, 0.3) is 0 Å². The Balaban J connectivity index is 3.11. The van der Waals surface area contributed by atoms with Crippen molar-refractivity contribution >= 4 is 5.78 Å². The number of rotatable bonds is 0. The van der Waals surface area contributed by atoms with E-state index in [0.717, 1.165) is 0 Å². The third kappa shape index (κ3) is 1.34. The number of ketones is 1. The molecule has 1 N–H and O–H groups in total. The first-order chi connectivity index (χ1) is 4.93. The van der Waals surface area contributed by atoms with Crippen LogP contribution in [0.4, 0.5) is 0 Å². The predicted octanol–water partition coefficient (Wildman–Crippen LogP) is 1.98. The topological polar surface area (TPSA) is 37.3 Å². The number of aliphatic hydroxyl groups excluding tert-OH is 1. The van der Waals surface area contributed by atoms with Crippen LogP contribution in [-0.2, 0) is 4.79 Å². The number of hydrogen-bond acceptors (Lipinski definition) is 2. The van der Waals surface area contributed by atoms with Gasteiger partial charge in [-0.1, -0.05) is 0 Å². The van der Waals surface area contributed by atoms with Gasteiger partial charge in [0.15, 0.2) is 5.78 Å². The van der Waals surface area contributed by atoms with Crippen LogP contribution in [0, 0.1) is 5.41 Å². The molecule has 0 spiro atoms. The molecule has 0 saturated heterocycles. The molecule has 1 rings (SSSR count). The molecular formula is C9H12O2. The van der Waals surface area contributed by atoms with Gasteiger partial charge in [0.05, 0.1) is 0 Å². The van der Waals surface area contributed by atoms with E-state index in [1.165, 1.54) is 6.08 Å². The number of Topliss-reactive ketones (excluding diaryl/α,β-unsaturated/α-hetero) is 1. The smallest absolute Gasteiger partial charge is 0.168 e. The molecule has 0 atom stereocenters. The second-order valence-electron chi connectivity index (χ2n) is 3.45. The summed E-state index contributed by atoms with van der Waals surface area (Å²) in [5.74, 6) is 0.266. The summed E-state index contributed by atoms with van der Waals surface area (Å²) in [6.45, 7) is 5.30. The lowest BCUT2D eigenvalue weighted by Crippen LogP contribution is -2.25. The van der Waals surface area contributed by atoms with Crippen molar-refractivity contribution in [2.45, 2.75) is 20.8 Å². The summed E-state index contributed by atoms with van der Waals surface area (Å²) >= 11 is 0. The van der Waals surface area contributed by atoms with E-state index in [4.69, 9.17) is 5.11 Å². The Morgan fingerprint density at radius 2 is 2.00 bits per heavy atom. The minimum Gasteiger partial charge on any atom is -0.508 e. The van der Waals surface area contributed by atoms with Gasteiger partial charge in [-0.15, -0.1) is 0 Å². The summed E-state index contributed by atoms with van der Waals surface area (Å²) in [5.41, 5.74) is 0.0816. The fraction of sp³-hybridized carbons (Fsp3) is 0.444. The fourth-order valence-electron chi connectivity index (χ4n) is 1.27. The van der Waals surface area contributed by atoms with E-state index in [2.05, 4.69) is 0 Å². The highest BCUT2D eigenvalue weighted by atomic mass is 16.3. The number of allylic oxidation sites excluding steroid dienone is 3. The first kappa shape index (κ1) is 8.05. The third-order valence-electron chi connectivity index (χ3n) is 1.82. The minimum absolute atomic E-state index is 0.0790. The summed E-state index contributed by atoms with van der Waals surface area (Å²) in [7, 11) is 0. The average molecular weight is 152 g/mol. The average Bonchev–Trinajstić information content (AvgIpc) is 1.81. The van der Waals surface area contributed by atoms with E-state index in [9.17, 15) is 4.79 Å². The molecule has 0 amide bonds. The standard InChI is InChI=1S/C9H12O2/c1-6-4-7(10)5-9(2,3)8(6)11/h4-5,10H,1-3H3. The van der Waals surface area contributed by atoms with Crippen molar-refractivity contribution in [3.05, 3.63) is 23.5 Å². The third-order valence-corrected chi connectivity index (χ3v) is 1.82. The van der Waals surface area contributed by atoms with Crippen LogP contribution in [-0.4, -0.2) is 10.9 Å². The van der Waals surface area contributed by atoms with Gasteiger partial charge in [-0.05, 0) is 38.5 Å². The van der Waals surface area contributed by atoms with Crippen molar-refractivity contribution in [3.63, 3.8) is 0 Å². The summed E-state index contributed by atoms with van der Waals surface area (Å²) < 4.78 is 0. The maximum atomic E-state index is 11.4. The van der Waals surface area contributed by atoms with Crippen LogP contribution in [0.2, 0.25) is 0 Å². The molecule has 0 saturated carbocycles. The van der Waals surface area contributed by atoms with Crippen LogP contribution in [0.5, 0.6) is 0 Å². The zero-order valence-corrected chi connectivity index (χ0v) is 7.01. The zero-order chi connectivity index (χ0) is 8.65. The molecule has 0 aliphatic heterocycles. The van der Waals surface area contributed by atoms with Gasteiger partial charge in [0, 0.05) is 5.41 Å². The van der Waals surface area contributed by atoms with Gasteiger partial charge >= 0.3 is 0 Å². The molecular weight excluding hydrogens is 140 g/mol. The highest BCUT2D eigenvalue weighted by Crippen LogP contribution is 2.28. The van der Waals surface area contributed by atoms with E-state index in [1.54, 1.807) is 26.8 Å². The molecule has 0 aromatic rings. The van der Waals surface area contributed by atoms with Gasteiger partial charge in [-0.3, -0.25) is 4.79 Å². The Hall–Kier alpha value is -1.05. The van der Waals surface area contributed by atoms with Crippen molar-refractivity contribution in [3.8, 4) is 0 Å². The van der Waals surface area contributed by atoms with Crippen LogP contribution in [0.1, 0.15) is 20.8 Å². The van der Waals surface area contributed by atoms with Crippen LogP contribution < -0.4 is 0 Å². The molecule has 60 valence electrons. The van der Waals surface area contributed by atoms with Gasteiger partial charge in [-0.2, -0.15) is 0 Å². The highest BCUT2D eigenvalue weighted by molar-refractivity contribution is 6.01. The lowest BCUT2D eigenvalue weighted by Gasteiger charge is -2.22. The molecule has 0 unspecified atom stereocenters. The van der Waals surface area contributed by atoms with Crippen LogP contribution >= 0.6 is 0 Å². The van der Waals surface area contributed by atoms with E-state index in [0.29, 0.717) is 5.57 Å². The summed E-state index contributed by atoms with van der Waals surface area (Å²) in [6.07, 6.45) is 3.07. The summed E-state index contributed by atoms with van der Waals surface area (Å²) in [5, 5.41) is 9.17. The Morgan fingerprint density at radius 1 is 1.45 bits per heavy atom. The van der Waals surface area contributed by atoms with Gasteiger partial charge in [-0.25, -0.2) is 0 Å². The zero-order valence-electron chi connectivity index (χ0n) is 7.01. The Labute approximate surface area is 66.2 Å². The molecule has 0 radical (unpaired) electrons. The first-order valence-electron chi connectivity index (χ1n) is 3.58. The number of carbonyl (C=O) groups is 1. The van der Waals surface area contributed by atoms with Crippen molar-refractivity contribution < 1.29 is 9.90 Å². The lowest BCUT2D eigenvalue weighted by atomic mass is 9.81. The Kier molecular flexibility index (Phi) is 1.63. The molecule has 0 heterocycles. The Bertz CT molecular complexity index is 257. The molecule has 2 heteroatoms. The quantitative estimate of drug-likeness (QED) is 0.576. The number of hydrogen-bond donors (Lipinski definition) is 1. The molecule has 1 aliphatic rings. The van der Waals surface area contributed by atoms with E-state index in [-0.39, 0.29) is 11.5 Å². The second kappa shape index (κ2) is 2.22. The van der Waals surface area contributed by atoms with Gasteiger partial charge in [0.2, 0.25) is 0 Å². The minimum atomic E-state index is -0.539. The molecule has 0 fully saturated rings. The van der Waals surface area contributed by atoms with Gasteiger partial charge < -0.3 is 5.11 Å². The molecule has 0 aromatic heterocycles. The monoisotopic (exact) mass is 152 g/mol. The van der Waals surface area contributed by atoms with E-state index >= 15 is 0 Å². The molecule has 0 aromatic carbocycles. The molecule has 0 bridgehead atoms. The van der Waals surface area contributed by atoms with Crippen molar-refractivity contribution in [2.75, 3.05) is 0 Å². The Morgan fingerprint density at radius 3 is 2.45 bits per heavy atom. The van der Waals surface area contributed by atoms with Crippen molar-refractivity contribution in [1.29, 1.82) is 0 Å². The lowest BCUT2D eigenvalue weighted by molar-refractivity contribution is -0.121. The normalized spacial score (nSPS) is 22.6. The summed E-state index contributed by atoms with van der Waals surface area (Å²) in [6, 6.07) is 0.